The number of benzene rings is 2. The summed E-state index contributed by atoms with van der Waals surface area (Å²) in [6.07, 6.45) is 2.13. The minimum Gasteiger partial charge on any atom is -0.322 e. The van der Waals surface area contributed by atoms with E-state index in [1.54, 1.807) is 30.3 Å². The molecule has 0 spiro atoms. The molecular formula is C19H21BrN2O2S. The van der Waals surface area contributed by atoms with E-state index in [2.05, 4.69) is 27.1 Å². The molecule has 2 aromatic rings. The topological polar surface area (TPSA) is 49.4 Å². The molecule has 2 aromatic carbocycles. The monoisotopic (exact) mass is 420 g/mol. The summed E-state index contributed by atoms with van der Waals surface area (Å²) in [5.74, 6) is 3.77. The van der Waals surface area contributed by atoms with E-state index in [9.17, 15) is 9.00 Å². The van der Waals surface area contributed by atoms with Crippen molar-refractivity contribution in [1.82, 2.24) is 4.31 Å². The van der Waals surface area contributed by atoms with Crippen LogP contribution in [-0.2, 0) is 9.71 Å². The number of nitrogens with one attached hydrogen (secondary N) is 1. The summed E-state index contributed by atoms with van der Waals surface area (Å²) in [7, 11) is -2.43. The molecule has 1 aliphatic rings. The molecule has 0 radical (unpaired) electrons. The van der Waals surface area contributed by atoms with Crippen LogP contribution < -0.4 is 5.32 Å². The van der Waals surface area contributed by atoms with Crippen LogP contribution in [0.1, 0.15) is 28.8 Å². The number of anilines is 1. The zero-order valence-corrected chi connectivity index (χ0v) is 16.5. The van der Waals surface area contributed by atoms with Crippen molar-refractivity contribution in [3.8, 4) is 0 Å². The molecule has 1 fully saturated rings. The highest BCUT2D eigenvalue weighted by Gasteiger charge is 2.21. The highest BCUT2D eigenvalue weighted by Crippen LogP contribution is 2.23. The summed E-state index contributed by atoms with van der Waals surface area (Å²) in [4.78, 5) is 13.1. The number of aryl methyl sites for hydroxylation is 1. The van der Waals surface area contributed by atoms with Gasteiger partial charge in [0, 0.05) is 33.7 Å². The molecule has 3 rings (SSSR count). The lowest BCUT2D eigenvalue weighted by atomic mass is 10.1. The van der Waals surface area contributed by atoms with Crippen molar-refractivity contribution in [3.63, 3.8) is 0 Å². The third-order valence-electron chi connectivity index (χ3n) is 4.38. The van der Waals surface area contributed by atoms with E-state index in [0.717, 1.165) is 36.0 Å². The smallest absolute Gasteiger partial charge is 0.255 e. The Morgan fingerprint density at radius 2 is 1.80 bits per heavy atom. The van der Waals surface area contributed by atoms with Gasteiger partial charge in [-0.15, -0.1) is 0 Å². The van der Waals surface area contributed by atoms with Gasteiger partial charge < -0.3 is 5.32 Å². The Hall–Kier alpha value is -1.63. The molecular weight excluding hydrogens is 400 g/mol. The van der Waals surface area contributed by atoms with Gasteiger partial charge in [-0.3, -0.25) is 4.79 Å². The maximum atomic E-state index is 12.9. The van der Waals surface area contributed by atoms with Gasteiger partial charge in [-0.1, -0.05) is 15.9 Å². The first-order valence-electron chi connectivity index (χ1n) is 8.18. The molecule has 1 N–H and O–H groups in total. The highest BCUT2D eigenvalue weighted by atomic mass is 79.9. The summed E-state index contributed by atoms with van der Waals surface area (Å²) < 4.78 is 15.9. The minimum absolute atomic E-state index is 0.168. The molecule has 0 aliphatic carbocycles. The highest BCUT2D eigenvalue weighted by molar-refractivity contribution is 9.10. The molecule has 1 atom stereocenters. The van der Waals surface area contributed by atoms with Crippen molar-refractivity contribution in [2.45, 2.75) is 24.7 Å². The number of rotatable bonds is 4. The van der Waals surface area contributed by atoms with Gasteiger partial charge in [0.15, 0.2) is 0 Å². The van der Waals surface area contributed by atoms with Crippen molar-refractivity contribution >= 4 is 43.1 Å². The molecule has 132 valence electrons. The first-order chi connectivity index (χ1) is 11.9. The number of carbonyl (C=O) groups excluding carboxylic acids is 1. The Morgan fingerprint density at radius 1 is 1.16 bits per heavy atom. The molecule has 4 nitrogen and oxygen atoms in total. The van der Waals surface area contributed by atoms with Crippen LogP contribution in [0.3, 0.4) is 0 Å². The third kappa shape index (κ3) is 3.97. The van der Waals surface area contributed by atoms with Crippen molar-refractivity contribution < 1.29 is 9.00 Å². The lowest BCUT2D eigenvalue weighted by Crippen LogP contribution is -2.27. The van der Waals surface area contributed by atoms with E-state index in [0.29, 0.717) is 16.1 Å². The molecule has 1 amide bonds. The van der Waals surface area contributed by atoms with Crippen molar-refractivity contribution in [2.24, 2.45) is 0 Å². The van der Waals surface area contributed by atoms with Crippen LogP contribution in [0.15, 0.2) is 51.8 Å². The number of hydrogen-bond acceptors (Lipinski definition) is 2. The molecule has 25 heavy (non-hydrogen) atoms. The van der Waals surface area contributed by atoms with E-state index in [1.165, 1.54) is 0 Å². The van der Waals surface area contributed by atoms with E-state index >= 15 is 0 Å². The number of nitrogens with zero attached hydrogens (tertiary/aromatic N) is 1. The van der Waals surface area contributed by atoms with Crippen LogP contribution in [-0.4, -0.2) is 33.4 Å². The maximum Gasteiger partial charge on any atom is 0.255 e. The quantitative estimate of drug-likeness (QED) is 0.756. The molecule has 1 unspecified atom stereocenters. The minimum atomic E-state index is -2.43. The number of carbonyl (C=O) groups is 1. The third-order valence-corrected chi connectivity index (χ3v) is 7.48. The molecule has 6 heteroatoms. The van der Waals surface area contributed by atoms with Crippen LogP contribution in [0.5, 0.6) is 0 Å². The van der Waals surface area contributed by atoms with Gasteiger partial charge in [-0.25, -0.2) is 8.51 Å². The fraction of sp³-hybridized carbons (Fsp3) is 0.263. The van der Waals surface area contributed by atoms with Gasteiger partial charge in [-0.05, 0) is 73.7 Å². The van der Waals surface area contributed by atoms with Crippen LogP contribution in [0.2, 0.25) is 0 Å². The van der Waals surface area contributed by atoms with Crippen molar-refractivity contribution in [2.75, 3.05) is 18.4 Å². The predicted molar refractivity (Wildman–Crippen MR) is 108 cm³/mol. The second kappa shape index (κ2) is 7.32. The van der Waals surface area contributed by atoms with Gasteiger partial charge in [0.05, 0.1) is 9.71 Å². The Labute approximate surface area is 157 Å². The standard InChI is InChI=1S/C19H21BrN2O2S/c1-14-13-15(5-10-18(14)20)19(23)21-16-6-8-17(9-7-16)25(2,24)22-11-3-4-12-22/h5-10,13H,2-4,11-12H2,1H3,(H,21,23). The van der Waals surface area contributed by atoms with Crippen LogP contribution in [0.4, 0.5) is 5.69 Å². The largest absolute Gasteiger partial charge is 0.322 e. The van der Waals surface area contributed by atoms with Gasteiger partial charge in [0.25, 0.3) is 5.91 Å². The van der Waals surface area contributed by atoms with Crippen LogP contribution in [0, 0.1) is 6.92 Å². The molecule has 1 heterocycles. The SMILES string of the molecule is C=S(=O)(c1ccc(NC(=O)c2ccc(Br)c(C)c2)cc1)N1CCCC1. The lowest BCUT2D eigenvalue weighted by molar-refractivity contribution is 0.102. The number of amides is 1. The van der Waals surface area contributed by atoms with Gasteiger partial charge in [0.1, 0.15) is 0 Å². The fourth-order valence-electron chi connectivity index (χ4n) is 2.87. The number of hydrogen-bond donors (Lipinski definition) is 1. The summed E-state index contributed by atoms with van der Waals surface area (Å²) in [6.45, 7) is 3.59. The average Bonchev–Trinajstić information content (AvgIpc) is 3.13. The fourth-order valence-corrected chi connectivity index (χ4v) is 4.83. The Bertz CT molecular complexity index is 886. The summed E-state index contributed by atoms with van der Waals surface area (Å²) >= 11 is 3.43. The van der Waals surface area contributed by atoms with E-state index < -0.39 is 9.71 Å². The van der Waals surface area contributed by atoms with Gasteiger partial charge in [-0.2, -0.15) is 0 Å². The second-order valence-electron chi connectivity index (χ2n) is 6.22. The zero-order chi connectivity index (χ0) is 18.0. The van der Waals surface area contributed by atoms with E-state index in [-0.39, 0.29) is 5.91 Å². The molecule has 0 aromatic heterocycles. The summed E-state index contributed by atoms with van der Waals surface area (Å²) in [6, 6.07) is 12.6. The second-order valence-corrected chi connectivity index (χ2v) is 9.34. The normalized spacial score (nSPS) is 17.2. The Balaban J connectivity index is 1.74. The van der Waals surface area contributed by atoms with Gasteiger partial charge >= 0.3 is 0 Å². The molecule has 1 saturated heterocycles. The number of halogens is 1. The maximum absolute atomic E-state index is 12.9. The van der Waals surface area contributed by atoms with E-state index in [1.807, 2.05) is 23.4 Å². The summed E-state index contributed by atoms with van der Waals surface area (Å²) in [5.41, 5.74) is 2.28. The van der Waals surface area contributed by atoms with Crippen molar-refractivity contribution in [1.29, 1.82) is 0 Å². The average molecular weight is 421 g/mol. The van der Waals surface area contributed by atoms with Gasteiger partial charge in [0.2, 0.25) is 0 Å². The predicted octanol–water partition coefficient (Wildman–Crippen LogP) is 4.10. The molecule has 0 bridgehead atoms. The Kier molecular flexibility index (Phi) is 5.32. The first-order valence-corrected chi connectivity index (χ1v) is 10.7. The van der Waals surface area contributed by atoms with Crippen molar-refractivity contribution in [3.05, 3.63) is 58.1 Å². The molecule has 0 saturated carbocycles. The van der Waals surface area contributed by atoms with E-state index in [4.69, 9.17) is 0 Å². The van der Waals surface area contributed by atoms with Crippen LogP contribution >= 0.6 is 15.9 Å². The zero-order valence-electron chi connectivity index (χ0n) is 14.1. The lowest BCUT2D eigenvalue weighted by Gasteiger charge is -2.21. The first kappa shape index (κ1) is 18.2. The Morgan fingerprint density at radius 3 is 2.40 bits per heavy atom. The molecule has 1 aliphatic heterocycles. The van der Waals surface area contributed by atoms with Crippen LogP contribution in [0.25, 0.3) is 0 Å². The summed E-state index contributed by atoms with van der Waals surface area (Å²) in [5, 5.41) is 2.87.